The fourth-order valence-electron chi connectivity index (χ4n) is 7.83. The number of carboxylic acid groups (broad SMARTS) is 1. The minimum absolute atomic E-state index is 0.119. The number of benzene rings is 3. The van der Waals surface area contributed by atoms with E-state index in [1.165, 1.54) is 54.8 Å². The topological polar surface area (TPSA) is 110 Å². The van der Waals surface area contributed by atoms with Gasteiger partial charge in [-0.1, -0.05) is 62.4 Å². The van der Waals surface area contributed by atoms with Gasteiger partial charge in [0.25, 0.3) is 5.91 Å². The number of amides is 2. The summed E-state index contributed by atoms with van der Waals surface area (Å²) >= 11 is 0. The quantitative estimate of drug-likeness (QED) is 0.181. The van der Waals surface area contributed by atoms with Gasteiger partial charge in [0, 0.05) is 39.8 Å². The molecule has 3 N–H and O–H groups in total. The van der Waals surface area contributed by atoms with E-state index in [1.54, 1.807) is 24.3 Å². The van der Waals surface area contributed by atoms with Crippen LogP contribution in [0.4, 0.5) is 5.69 Å². The van der Waals surface area contributed by atoms with Gasteiger partial charge < -0.3 is 25.0 Å². The molecule has 2 saturated carbocycles. The largest absolute Gasteiger partial charge is 0.491 e. The van der Waals surface area contributed by atoms with Gasteiger partial charge >= 0.3 is 5.97 Å². The van der Waals surface area contributed by atoms with Crippen LogP contribution in [0, 0.1) is 5.92 Å². The van der Waals surface area contributed by atoms with Crippen LogP contribution >= 0.6 is 0 Å². The molecule has 2 atom stereocenters. The van der Waals surface area contributed by atoms with Crippen molar-refractivity contribution in [3.05, 3.63) is 89.5 Å². The summed E-state index contributed by atoms with van der Waals surface area (Å²) in [6.07, 6.45) is 12.0. The molecule has 7 rings (SSSR count). The van der Waals surface area contributed by atoms with Crippen LogP contribution in [0.5, 0.6) is 5.75 Å². The molecule has 242 valence electrons. The highest BCUT2D eigenvalue weighted by Gasteiger charge is 2.33. The van der Waals surface area contributed by atoms with Crippen LogP contribution < -0.4 is 15.4 Å². The Bertz CT molecular complexity index is 1830. The number of hydrogen-bond donors (Lipinski definition) is 3. The molecule has 0 saturated heterocycles. The zero-order valence-corrected chi connectivity index (χ0v) is 26.5. The number of carbonyl (C=O) groups is 3. The van der Waals surface area contributed by atoms with Crippen LogP contribution in [0.3, 0.4) is 0 Å². The number of aromatic nitrogens is 1. The maximum atomic E-state index is 13.8. The number of ether oxygens (including phenoxy) is 1. The van der Waals surface area contributed by atoms with E-state index in [9.17, 15) is 14.4 Å². The Labute approximate surface area is 274 Å². The number of hydrogen-bond acceptors (Lipinski definition) is 4. The minimum atomic E-state index is -1.01. The van der Waals surface area contributed by atoms with Gasteiger partial charge in [0.1, 0.15) is 12.4 Å². The molecule has 2 aliphatic carbocycles. The lowest BCUT2D eigenvalue weighted by Crippen LogP contribution is -2.46. The van der Waals surface area contributed by atoms with Crippen molar-refractivity contribution >= 4 is 40.4 Å². The number of rotatable bonds is 7. The van der Waals surface area contributed by atoms with Crippen molar-refractivity contribution in [3.63, 3.8) is 0 Å². The molecule has 2 heterocycles. The number of nitrogens with one attached hydrogen (secondary N) is 2. The summed E-state index contributed by atoms with van der Waals surface area (Å²) in [4.78, 5) is 38.1. The summed E-state index contributed by atoms with van der Waals surface area (Å²) in [5, 5.41) is 16.3. The molecule has 4 aromatic rings. The van der Waals surface area contributed by atoms with E-state index in [2.05, 4.69) is 39.5 Å². The van der Waals surface area contributed by atoms with Gasteiger partial charge in [0.05, 0.1) is 18.2 Å². The summed E-state index contributed by atoms with van der Waals surface area (Å²) < 4.78 is 8.56. The summed E-state index contributed by atoms with van der Waals surface area (Å²) in [6.45, 7) is 1.27. The molecule has 3 aromatic carbocycles. The van der Waals surface area contributed by atoms with Crippen LogP contribution in [-0.4, -0.2) is 40.1 Å². The molecule has 3 aliphatic rings. The Hall–Kier alpha value is -4.85. The standard InChI is InChI=1S/C39H41N3O5/c43-35(44)21-16-25-14-18-28(19-15-25)40-39(46)29-10-4-6-12-32(29)41-38(45)27-17-20-30-33(24-27)42-22-23-47-34-13-7-5-11-31(34)37(42)36(30)26-8-2-1-3-9-26/h5,7,11,13-21,24,26,29,32H,1-4,6,8-10,12,22-23H2,(H,40,46)(H,41,45)(H,43,44)/t29-,32-/m1/s1. The normalized spacial score (nSPS) is 19.7. The highest BCUT2D eigenvalue weighted by molar-refractivity contribution is 6.02. The maximum absolute atomic E-state index is 13.8. The van der Waals surface area contributed by atoms with Crippen molar-refractivity contribution < 1.29 is 24.2 Å². The smallest absolute Gasteiger partial charge is 0.328 e. The zero-order valence-electron chi connectivity index (χ0n) is 26.5. The van der Waals surface area contributed by atoms with E-state index in [-0.39, 0.29) is 23.8 Å². The van der Waals surface area contributed by atoms with Gasteiger partial charge in [-0.2, -0.15) is 0 Å². The number of nitrogens with zero attached hydrogens (tertiary/aromatic N) is 1. The fourth-order valence-corrected chi connectivity index (χ4v) is 7.83. The molecule has 1 aromatic heterocycles. The van der Waals surface area contributed by atoms with Crippen molar-refractivity contribution in [1.29, 1.82) is 0 Å². The van der Waals surface area contributed by atoms with E-state index in [0.717, 1.165) is 47.7 Å². The number of fused-ring (bicyclic) bond motifs is 5. The second kappa shape index (κ2) is 13.5. The molecule has 0 bridgehead atoms. The van der Waals surface area contributed by atoms with E-state index < -0.39 is 5.97 Å². The number of para-hydroxylation sites is 1. The van der Waals surface area contributed by atoms with E-state index in [1.807, 2.05) is 18.2 Å². The predicted molar refractivity (Wildman–Crippen MR) is 184 cm³/mol. The average Bonchev–Trinajstić information content (AvgIpc) is 3.29. The highest BCUT2D eigenvalue weighted by Crippen LogP contribution is 2.47. The number of anilines is 1. The summed E-state index contributed by atoms with van der Waals surface area (Å²) in [6, 6.07) is 21.2. The third-order valence-electron chi connectivity index (χ3n) is 10.1. The second-order valence-corrected chi connectivity index (χ2v) is 13.1. The lowest BCUT2D eigenvalue weighted by Gasteiger charge is -2.31. The summed E-state index contributed by atoms with van der Waals surface area (Å²) in [5.74, 6) is -0.248. The monoisotopic (exact) mass is 631 g/mol. The van der Waals surface area contributed by atoms with Crippen LogP contribution in [-0.2, 0) is 16.1 Å². The number of aliphatic carboxylic acids is 1. The maximum Gasteiger partial charge on any atom is 0.328 e. The van der Waals surface area contributed by atoms with Crippen molar-refractivity contribution in [2.24, 2.45) is 5.92 Å². The second-order valence-electron chi connectivity index (χ2n) is 13.1. The third kappa shape index (κ3) is 6.42. The third-order valence-corrected chi connectivity index (χ3v) is 10.1. The van der Waals surface area contributed by atoms with Crippen LogP contribution in [0.25, 0.3) is 28.2 Å². The molecular formula is C39H41N3O5. The predicted octanol–water partition coefficient (Wildman–Crippen LogP) is 7.77. The summed E-state index contributed by atoms with van der Waals surface area (Å²) in [7, 11) is 0. The molecule has 0 unspecified atom stereocenters. The first kappa shape index (κ1) is 30.8. The van der Waals surface area contributed by atoms with Gasteiger partial charge in [0.2, 0.25) is 5.91 Å². The molecule has 8 heteroatoms. The van der Waals surface area contributed by atoms with Crippen LogP contribution in [0.1, 0.15) is 85.2 Å². The van der Waals surface area contributed by atoms with Crippen molar-refractivity contribution in [1.82, 2.24) is 9.88 Å². The van der Waals surface area contributed by atoms with E-state index in [4.69, 9.17) is 9.84 Å². The molecule has 2 amide bonds. The fraction of sp³-hybridized carbons (Fsp3) is 0.359. The Morgan fingerprint density at radius 3 is 2.45 bits per heavy atom. The minimum Gasteiger partial charge on any atom is -0.491 e. The molecule has 47 heavy (non-hydrogen) atoms. The SMILES string of the molecule is O=C(O)C=Cc1ccc(NC(=O)[C@@H]2CCCC[C@H]2NC(=O)c2ccc3c(C4CCCCC4)c4n(c3c2)CCOc2ccccc2-4)cc1. The van der Waals surface area contributed by atoms with Gasteiger partial charge in [0.15, 0.2) is 0 Å². The molecule has 0 spiro atoms. The van der Waals surface area contributed by atoms with E-state index >= 15 is 0 Å². The Kier molecular flexibility index (Phi) is 8.83. The van der Waals surface area contributed by atoms with Crippen LogP contribution in [0.15, 0.2) is 72.8 Å². The lowest BCUT2D eigenvalue weighted by atomic mass is 9.81. The van der Waals surface area contributed by atoms with Gasteiger partial charge in [-0.15, -0.1) is 0 Å². The first-order valence-corrected chi connectivity index (χ1v) is 17.0. The average molecular weight is 632 g/mol. The Balaban J connectivity index is 1.14. The molecule has 1 aliphatic heterocycles. The van der Waals surface area contributed by atoms with Crippen molar-refractivity contribution in [3.8, 4) is 17.0 Å². The molecule has 0 radical (unpaired) electrons. The first-order chi connectivity index (χ1) is 23.0. The Morgan fingerprint density at radius 2 is 1.64 bits per heavy atom. The zero-order chi connectivity index (χ0) is 32.3. The Morgan fingerprint density at radius 1 is 0.872 bits per heavy atom. The van der Waals surface area contributed by atoms with Crippen LogP contribution in [0.2, 0.25) is 0 Å². The number of carbonyl (C=O) groups excluding carboxylic acids is 2. The van der Waals surface area contributed by atoms with Crippen molar-refractivity contribution in [2.75, 3.05) is 11.9 Å². The van der Waals surface area contributed by atoms with Crippen molar-refractivity contribution in [2.45, 2.75) is 76.3 Å². The van der Waals surface area contributed by atoms with Gasteiger partial charge in [-0.3, -0.25) is 9.59 Å². The highest BCUT2D eigenvalue weighted by atomic mass is 16.5. The number of carboxylic acids is 1. The lowest BCUT2D eigenvalue weighted by molar-refractivity contribution is -0.131. The summed E-state index contributed by atoms with van der Waals surface area (Å²) in [5.41, 5.74) is 6.76. The van der Waals surface area contributed by atoms with Gasteiger partial charge in [-0.25, -0.2) is 4.79 Å². The molecule has 2 fully saturated rings. The van der Waals surface area contributed by atoms with Gasteiger partial charge in [-0.05, 0) is 85.2 Å². The first-order valence-electron chi connectivity index (χ1n) is 17.0. The van der Waals surface area contributed by atoms with E-state index in [0.29, 0.717) is 36.7 Å². The molecular weight excluding hydrogens is 590 g/mol. The molecule has 8 nitrogen and oxygen atoms in total.